The Morgan fingerprint density at radius 1 is 1.14 bits per heavy atom. The van der Waals surface area contributed by atoms with Gasteiger partial charge in [0.25, 0.3) is 0 Å². The molecule has 3 heterocycles. The van der Waals surface area contributed by atoms with Gasteiger partial charge < -0.3 is 10.3 Å². The van der Waals surface area contributed by atoms with Crippen LogP contribution in [-0.2, 0) is 21.2 Å². The first-order chi connectivity index (χ1) is 13.5. The van der Waals surface area contributed by atoms with Gasteiger partial charge in [0.1, 0.15) is 5.82 Å². The van der Waals surface area contributed by atoms with Gasteiger partial charge >= 0.3 is 0 Å². The molecule has 0 spiro atoms. The molecule has 0 aliphatic carbocycles. The number of carbonyl (C=O) groups is 1. The van der Waals surface area contributed by atoms with Gasteiger partial charge in [-0.3, -0.25) is 4.79 Å². The Kier molecular flexibility index (Phi) is 3.99. The number of amides is 1. The van der Waals surface area contributed by atoms with Crippen LogP contribution in [0.5, 0.6) is 0 Å². The summed E-state index contributed by atoms with van der Waals surface area (Å²) in [6, 6.07) is 12.7. The Morgan fingerprint density at radius 2 is 2.00 bits per heavy atom. The monoisotopic (exact) mass is 396 g/mol. The third-order valence-corrected chi connectivity index (χ3v) is 7.38. The minimum absolute atomic E-state index is 0.0357. The van der Waals surface area contributed by atoms with Gasteiger partial charge in [0, 0.05) is 24.7 Å². The van der Waals surface area contributed by atoms with Crippen LogP contribution in [0.2, 0.25) is 0 Å². The molecule has 2 aromatic carbocycles. The molecule has 2 aliphatic rings. The number of imidazole rings is 1. The Bertz CT molecular complexity index is 1150. The summed E-state index contributed by atoms with van der Waals surface area (Å²) in [4.78, 5) is 19.8. The van der Waals surface area contributed by atoms with Gasteiger partial charge in [0.2, 0.25) is 15.9 Å². The fraction of sp³-hybridized carbons (Fsp3) is 0.300. The summed E-state index contributed by atoms with van der Waals surface area (Å²) in [5, 5.41) is 2.74. The SMILES string of the molecule is O=C1Cc2cc(S(=O)(=O)N3CCCC(c4nc5ccccc5[nH]4)C3)ccc2N1. The highest BCUT2D eigenvalue weighted by molar-refractivity contribution is 7.89. The molecule has 5 rings (SSSR count). The molecule has 1 fully saturated rings. The van der Waals surface area contributed by atoms with E-state index in [1.165, 1.54) is 0 Å². The van der Waals surface area contributed by atoms with Crippen LogP contribution < -0.4 is 5.32 Å². The quantitative estimate of drug-likeness (QED) is 0.711. The number of hydrogen-bond donors (Lipinski definition) is 2. The molecule has 1 aromatic heterocycles. The van der Waals surface area contributed by atoms with E-state index in [0.29, 0.717) is 18.8 Å². The molecule has 0 bridgehead atoms. The normalized spacial score (nSPS) is 20.3. The Labute approximate surface area is 162 Å². The molecule has 0 saturated carbocycles. The van der Waals surface area contributed by atoms with E-state index in [-0.39, 0.29) is 23.1 Å². The van der Waals surface area contributed by atoms with Gasteiger partial charge in [0.15, 0.2) is 0 Å². The summed E-state index contributed by atoms with van der Waals surface area (Å²) in [5.74, 6) is 0.769. The number of rotatable bonds is 3. The number of benzene rings is 2. The summed E-state index contributed by atoms with van der Waals surface area (Å²) in [6.45, 7) is 0.893. The Hall–Kier alpha value is -2.71. The maximum atomic E-state index is 13.2. The number of para-hydroxylation sites is 2. The highest BCUT2D eigenvalue weighted by atomic mass is 32.2. The van der Waals surface area contributed by atoms with Crippen molar-refractivity contribution in [3.8, 4) is 0 Å². The van der Waals surface area contributed by atoms with Crippen LogP contribution in [0.1, 0.15) is 30.1 Å². The number of aromatic nitrogens is 2. The topological polar surface area (TPSA) is 95.2 Å². The van der Waals surface area contributed by atoms with E-state index in [0.717, 1.165) is 35.3 Å². The van der Waals surface area contributed by atoms with Crippen LogP contribution in [0.15, 0.2) is 47.4 Å². The van der Waals surface area contributed by atoms with E-state index in [1.807, 2.05) is 24.3 Å². The van der Waals surface area contributed by atoms with Gasteiger partial charge in [-0.15, -0.1) is 0 Å². The minimum atomic E-state index is -3.62. The van der Waals surface area contributed by atoms with Crippen LogP contribution in [0, 0.1) is 0 Å². The average molecular weight is 396 g/mol. The Balaban J connectivity index is 1.42. The van der Waals surface area contributed by atoms with Crippen LogP contribution >= 0.6 is 0 Å². The fourth-order valence-corrected chi connectivity index (χ4v) is 5.64. The standard InChI is InChI=1S/C20H20N4O3S/c25-19-11-14-10-15(7-8-16(14)21-19)28(26,27)24-9-3-4-13(12-24)20-22-17-5-1-2-6-18(17)23-20/h1-2,5-8,10,13H,3-4,9,11-12H2,(H,21,25)(H,22,23). The van der Waals surface area contributed by atoms with Gasteiger partial charge in [-0.2, -0.15) is 4.31 Å². The third kappa shape index (κ3) is 2.89. The maximum absolute atomic E-state index is 13.2. The maximum Gasteiger partial charge on any atom is 0.243 e. The number of nitrogens with zero attached hydrogens (tertiary/aromatic N) is 2. The lowest BCUT2D eigenvalue weighted by Crippen LogP contribution is -2.39. The first kappa shape index (κ1) is 17.4. The second-order valence-electron chi connectivity index (χ2n) is 7.39. The van der Waals surface area contributed by atoms with Crippen molar-refractivity contribution in [2.75, 3.05) is 18.4 Å². The van der Waals surface area contributed by atoms with Crippen LogP contribution in [-0.4, -0.2) is 41.7 Å². The molecular weight excluding hydrogens is 376 g/mol. The number of sulfonamides is 1. The summed E-state index contributed by atoms with van der Waals surface area (Å²) in [5.41, 5.74) is 3.29. The van der Waals surface area contributed by atoms with Crippen molar-refractivity contribution in [3.05, 3.63) is 53.9 Å². The third-order valence-electron chi connectivity index (χ3n) is 5.52. The minimum Gasteiger partial charge on any atom is -0.342 e. The second-order valence-corrected chi connectivity index (χ2v) is 9.32. The van der Waals surface area contributed by atoms with Crippen molar-refractivity contribution < 1.29 is 13.2 Å². The zero-order chi connectivity index (χ0) is 19.3. The lowest BCUT2D eigenvalue weighted by molar-refractivity contribution is -0.115. The number of piperidine rings is 1. The molecule has 0 radical (unpaired) electrons. The molecule has 3 aromatic rings. The zero-order valence-corrected chi connectivity index (χ0v) is 16.0. The van der Waals surface area contributed by atoms with Crippen LogP contribution in [0.25, 0.3) is 11.0 Å². The fourth-order valence-electron chi connectivity index (χ4n) is 4.06. The van der Waals surface area contributed by atoms with E-state index in [1.54, 1.807) is 22.5 Å². The molecule has 1 saturated heterocycles. The van der Waals surface area contributed by atoms with Crippen LogP contribution in [0.4, 0.5) is 5.69 Å². The van der Waals surface area contributed by atoms with Crippen molar-refractivity contribution in [3.63, 3.8) is 0 Å². The molecule has 28 heavy (non-hydrogen) atoms. The van der Waals surface area contributed by atoms with E-state index in [2.05, 4.69) is 15.3 Å². The van der Waals surface area contributed by atoms with E-state index >= 15 is 0 Å². The van der Waals surface area contributed by atoms with E-state index in [4.69, 9.17) is 0 Å². The van der Waals surface area contributed by atoms with E-state index < -0.39 is 10.0 Å². The largest absolute Gasteiger partial charge is 0.342 e. The van der Waals surface area contributed by atoms with Gasteiger partial charge in [-0.1, -0.05) is 12.1 Å². The Morgan fingerprint density at radius 3 is 2.86 bits per heavy atom. The molecule has 1 unspecified atom stereocenters. The molecular formula is C20H20N4O3S. The number of nitrogens with one attached hydrogen (secondary N) is 2. The van der Waals surface area contributed by atoms with E-state index in [9.17, 15) is 13.2 Å². The van der Waals surface area contributed by atoms with Crippen molar-refractivity contribution in [1.82, 2.24) is 14.3 Å². The lowest BCUT2D eigenvalue weighted by atomic mass is 9.99. The first-order valence-corrected chi connectivity index (χ1v) is 10.8. The van der Waals surface area contributed by atoms with Crippen molar-refractivity contribution in [2.45, 2.75) is 30.1 Å². The molecule has 1 atom stereocenters. The van der Waals surface area contributed by atoms with Gasteiger partial charge in [-0.25, -0.2) is 13.4 Å². The molecule has 1 amide bonds. The van der Waals surface area contributed by atoms with Crippen molar-refractivity contribution in [2.24, 2.45) is 0 Å². The first-order valence-electron chi connectivity index (χ1n) is 9.38. The smallest absolute Gasteiger partial charge is 0.243 e. The number of H-pyrrole nitrogens is 1. The molecule has 7 nitrogen and oxygen atoms in total. The zero-order valence-electron chi connectivity index (χ0n) is 15.2. The molecule has 8 heteroatoms. The second kappa shape index (κ2) is 6.42. The molecule has 2 aliphatic heterocycles. The number of hydrogen-bond acceptors (Lipinski definition) is 4. The number of anilines is 1. The van der Waals surface area contributed by atoms with Crippen molar-refractivity contribution in [1.29, 1.82) is 0 Å². The average Bonchev–Trinajstić information content (AvgIpc) is 3.29. The summed E-state index contributed by atoms with van der Waals surface area (Å²) in [7, 11) is -3.62. The lowest BCUT2D eigenvalue weighted by Gasteiger charge is -2.31. The van der Waals surface area contributed by atoms with Crippen molar-refractivity contribution >= 4 is 32.7 Å². The van der Waals surface area contributed by atoms with Crippen LogP contribution in [0.3, 0.4) is 0 Å². The molecule has 144 valence electrons. The van der Waals surface area contributed by atoms with Gasteiger partial charge in [0.05, 0.1) is 22.3 Å². The highest BCUT2D eigenvalue weighted by Crippen LogP contribution is 2.32. The number of fused-ring (bicyclic) bond motifs is 2. The van der Waals surface area contributed by atoms with Gasteiger partial charge in [-0.05, 0) is 48.7 Å². The summed E-state index contributed by atoms with van der Waals surface area (Å²) < 4.78 is 28.0. The number of aromatic amines is 1. The predicted molar refractivity (Wildman–Crippen MR) is 106 cm³/mol. The summed E-state index contributed by atoms with van der Waals surface area (Å²) in [6.07, 6.45) is 1.90. The number of carbonyl (C=O) groups excluding carboxylic acids is 1. The summed E-state index contributed by atoms with van der Waals surface area (Å²) >= 11 is 0. The highest BCUT2D eigenvalue weighted by Gasteiger charge is 2.33. The predicted octanol–water partition coefficient (Wildman–Crippen LogP) is 2.63. The molecule has 2 N–H and O–H groups in total.